The molecule has 112 valence electrons. The lowest BCUT2D eigenvalue weighted by Gasteiger charge is -2.32. The second-order valence-electron chi connectivity index (χ2n) is 5.82. The van der Waals surface area contributed by atoms with E-state index in [1.54, 1.807) is 0 Å². The van der Waals surface area contributed by atoms with Crippen molar-refractivity contribution in [2.75, 3.05) is 4.90 Å². The monoisotopic (exact) mass is 291 g/mol. The Balaban J connectivity index is 2.10. The van der Waals surface area contributed by atoms with E-state index in [-0.39, 0.29) is 5.92 Å². The van der Waals surface area contributed by atoms with E-state index < -0.39 is 0 Å². The number of aliphatic hydroxyl groups excluding tert-OH is 1. The zero-order valence-corrected chi connectivity index (χ0v) is 13.0. The van der Waals surface area contributed by atoms with Crippen molar-refractivity contribution in [1.29, 1.82) is 0 Å². The molecule has 2 aromatic carbocycles. The minimum Gasteiger partial charge on any atom is -0.512 e. The lowest BCUT2D eigenvalue weighted by Crippen LogP contribution is -2.21. The van der Waals surface area contributed by atoms with Crippen LogP contribution in [0.1, 0.15) is 20.3 Å². The van der Waals surface area contributed by atoms with Crippen LogP contribution in [0.2, 0.25) is 0 Å². The van der Waals surface area contributed by atoms with Gasteiger partial charge in [0.25, 0.3) is 0 Å². The predicted octanol–water partition coefficient (Wildman–Crippen LogP) is 5.58. The van der Waals surface area contributed by atoms with Crippen molar-refractivity contribution in [3.63, 3.8) is 0 Å². The topological polar surface area (TPSA) is 23.5 Å². The maximum atomic E-state index is 10.1. The first-order chi connectivity index (χ1) is 10.7. The van der Waals surface area contributed by atoms with E-state index in [9.17, 15) is 5.11 Å². The third-order valence-electron chi connectivity index (χ3n) is 4.09. The number of rotatable bonds is 3. The van der Waals surface area contributed by atoms with Crippen molar-refractivity contribution >= 4 is 11.4 Å². The Morgan fingerprint density at radius 2 is 1.41 bits per heavy atom. The molecule has 1 aliphatic carbocycles. The van der Waals surface area contributed by atoms with Gasteiger partial charge in [-0.3, -0.25) is 0 Å². The van der Waals surface area contributed by atoms with Gasteiger partial charge in [0, 0.05) is 23.0 Å². The van der Waals surface area contributed by atoms with Crippen LogP contribution in [0.3, 0.4) is 0 Å². The quantitative estimate of drug-likeness (QED) is 0.798. The lowest BCUT2D eigenvalue weighted by molar-refractivity contribution is 0.329. The highest BCUT2D eigenvalue weighted by atomic mass is 16.3. The molecule has 2 aromatic rings. The van der Waals surface area contributed by atoms with Crippen LogP contribution < -0.4 is 4.90 Å². The minimum atomic E-state index is 0.148. The number of hydrogen-bond acceptors (Lipinski definition) is 2. The van der Waals surface area contributed by atoms with E-state index in [0.29, 0.717) is 5.76 Å². The fourth-order valence-electron chi connectivity index (χ4n) is 2.97. The molecule has 0 amide bonds. The van der Waals surface area contributed by atoms with Crippen molar-refractivity contribution in [3.05, 3.63) is 83.8 Å². The number of para-hydroxylation sites is 2. The maximum Gasteiger partial charge on any atom is 0.0984 e. The molecule has 0 radical (unpaired) electrons. The van der Waals surface area contributed by atoms with Gasteiger partial charge in [-0.25, -0.2) is 0 Å². The summed E-state index contributed by atoms with van der Waals surface area (Å²) in [4.78, 5) is 2.27. The Morgan fingerprint density at radius 1 is 0.909 bits per heavy atom. The van der Waals surface area contributed by atoms with Gasteiger partial charge in [-0.15, -0.1) is 0 Å². The fourth-order valence-corrected chi connectivity index (χ4v) is 2.97. The molecule has 0 bridgehead atoms. The van der Waals surface area contributed by atoms with Crippen LogP contribution in [0.4, 0.5) is 11.4 Å². The third kappa shape index (κ3) is 2.77. The summed E-state index contributed by atoms with van der Waals surface area (Å²) in [6, 6.07) is 20.7. The summed E-state index contributed by atoms with van der Waals surface area (Å²) in [5.41, 5.74) is 4.44. The number of allylic oxidation sites excluding steroid dienone is 4. The standard InChI is InChI=1S/C20H21NO/c1-15-13-19(14-16(2)20(15)22)21(17-9-5-3-6-10-17)18-11-7-4-8-12-18/h3-13,16,22H,14H2,1-2H3. The number of aliphatic hydroxyl groups is 1. The Bertz CT molecular complexity index is 662. The van der Waals surface area contributed by atoms with Crippen molar-refractivity contribution in [3.8, 4) is 0 Å². The number of nitrogens with zero attached hydrogens (tertiary/aromatic N) is 1. The molecule has 0 spiro atoms. The van der Waals surface area contributed by atoms with E-state index in [2.05, 4.69) is 66.4 Å². The lowest BCUT2D eigenvalue weighted by atomic mass is 9.92. The van der Waals surface area contributed by atoms with Gasteiger partial charge in [-0.2, -0.15) is 0 Å². The molecule has 2 nitrogen and oxygen atoms in total. The Kier molecular flexibility index (Phi) is 4.01. The van der Waals surface area contributed by atoms with Crippen LogP contribution >= 0.6 is 0 Å². The summed E-state index contributed by atoms with van der Waals surface area (Å²) in [7, 11) is 0. The zero-order chi connectivity index (χ0) is 15.5. The van der Waals surface area contributed by atoms with Crippen LogP contribution in [-0.4, -0.2) is 5.11 Å². The minimum absolute atomic E-state index is 0.148. The van der Waals surface area contributed by atoms with Gasteiger partial charge in [0.15, 0.2) is 0 Å². The average Bonchev–Trinajstić information content (AvgIpc) is 2.55. The highest BCUT2D eigenvalue weighted by Gasteiger charge is 2.23. The molecular formula is C20H21NO. The summed E-state index contributed by atoms with van der Waals surface area (Å²) >= 11 is 0. The van der Waals surface area contributed by atoms with Gasteiger partial charge in [0.05, 0.1) is 5.76 Å². The largest absolute Gasteiger partial charge is 0.512 e. The third-order valence-corrected chi connectivity index (χ3v) is 4.09. The van der Waals surface area contributed by atoms with Crippen LogP contribution in [0, 0.1) is 5.92 Å². The second kappa shape index (κ2) is 6.10. The number of hydrogen-bond donors (Lipinski definition) is 1. The van der Waals surface area contributed by atoms with Crippen molar-refractivity contribution in [2.24, 2.45) is 5.92 Å². The molecule has 0 aromatic heterocycles. The molecule has 22 heavy (non-hydrogen) atoms. The first kappa shape index (κ1) is 14.5. The predicted molar refractivity (Wildman–Crippen MR) is 92.2 cm³/mol. The van der Waals surface area contributed by atoms with E-state index in [0.717, 1.165) is 23.4 Å². The molecule has 0 saturated carbocycles. The van der Waals surface area contributed by atoms with Crippen LogP contribution in [0.25, 0.3) is 0 Å². The molecule has 1 aliphatic rings. The van der Waals surface area contributed by atoms with Gasteiger partial charge in [-0.05, 0) is 49.3 Å². The number of benzene rings is 2. The second-order valence-corrected chi connectivity index (χ2v) is 5.82. The molecule has 2 heteroatoms. The normalized spacial score (nSPS) is 18.1. The molecule has 0 saturated heterocycles. The first-order valence-electron chi connectivity index (χ1n) is 7.67. The van der Waals surface area contributed by atoms with Gasteiger partial charge in [0.1, 0.15) is 0 Å². The zero-order valence-electron chi connectivity index (χ0n) is 13.0. The fraction of sp³-hybridized carbons (Fsp3) is 0.200. The summed E-state index contributed by atoms with van der Waals surface area (Å²) in [6.07, 6.45) is 2.92. The van der Waals surface area contributed by atoms with Gasteiger partial charge >= 0.3 is 0 Å². The summed E-state index contributed by atoms with van der Waals surface area (Å²) < 4.78 is 0. The molecule has 0 aliphatic heterocycles. The Labute approximate surface area is 132 Å². The Morgan fingerprint density at radius 3 is 1.86 bits per heavy atom. The average molecular weight is 291 g/mol. The smallest absolute Gasteiger partial charge is 0.0984 e. The highest BCUT2D eigenvalue weighted by Crippen LogP contribution is 2.36. The van der Waals surface area contributed by atoms with E-state index >= 15 is 0 Å². The molecule has 0 heterocycles. The van der Waals surface area contributed by atoms with Crippen molar-refractivity contribution < 1.29 is 5.11 Å². The molecular weight excluding hydrogens is 270 g/mol. The van der Waals surface area contributed by atoms with E-state index in [4.69, 9.17) is 0 Å². The molecule has 1 N–H and O–H groups in total. The molecule has 0 fully saturated rings. The molecule has 3 rings (SSSR count). The number of anilines is 2. The highest BCUT2D eigenvalue weighted by molar-refractivity contribution is 5.69. The van der Waals surface area contributed by atoms with Crippen molar-refractivity contribution in [1.82, 2.24) is 0 Å². The van der Waals surface area contributed by atoms with Crippen LogP contribution in [0.5, 0.6) is 0 Å². The van der Waals surface area contributed by atoms with Crippen molar-refractivity contribution in [2.45, 2.75) is 20.3 Å². The van der Waals surface area contributed by atoms with E-state index in [1.807, 2.05) is 19.1 Å². The maximum absolute atomic E-state index is 10.1. The van der Waals surface area contributed by atoms with Crippen LogP contribution in [-0.2, 0) is 0 Å². The summed E-state index contributed by atoms with van der Waals surface area (Å²) in [6.45, 7) is 4.04. The molecule has 1 atom stereocenters. The first-order valence-corrected chi connectivity index (χ1v) is 7.67. The van der Waals surface area contributed by atoms with Crippen LogP contribution in [0.15, 0.2) is 83.8 Å². The molecule has 1 unspecified atom stereocenters. The van der Waals surface area contributed by atoms with Gasteiger partial charge < -0.3 is 10.0 Å². The summed E-state index contributed by atoms with van der Waals surface area (Å²) in [5, 5.41) is 10.1. The van der Waals surface area contributed by atoms with Gasteiger partial charge in [0.2, 0.25) is 0 Å². The van der Waals surface area contributed by atoms with Gasteiger partial charge in [-0.1, -0.05) is 43.3 Å². The Hall–Kier alpha value is -2.48. The SMILES string of the molecule is CC1=C(O)C(C)CC(N(c2ccccc2)c2ccccc2)=C1. The van der Waals surface area contributed by atoms with E-state index in [1.165, 1.54) is 5.70 Å². The summed E-state index contributed by atoms with van der Waals surface area (Å²) in [5.74, 6) is 0.653.